The molecule has 1 heterocycles. The fourth-order valence-corrected chi connectivity index (χ4v) is 5.26. The lowest BCUT2D eigenvalue weighted by atomic mass is 9.97. The van der Waals surface area contributed by atoms with Crippen molar-refractivity contribution in [1.29, 1.82) is 0 Å². The number of para-hydroxylation sites is 1. The molecular formula is C37H52N8O9. The van der Waals surface area contributed by atoms with Crippen molar-refractivity contribution in [2.75, 3.05) is 13.1 Å². The summed E-state index contributed by atoms with van der Waals surface area (Å²) >= 11 is 0. The Balaban J connectivity index is 0.000000852. The zero-order chi connectivity index (χ0) is 40.5. The summed E-state index contributed by atoms with van der Waals surface area (Å²) in [5, 5.41) is 33.0. The van der Waals surface area contributed by atoms with Gasteiger partial charge in [0.25, 0.3) is 0 Å². The van der Waals surface area contributed by atoms with Gasteiger partial charge in [0.1, 0.15) is 23.9 Å². The van der Waals surface area contributed by atoms with Crippen molar-refractivity contribution in [3.63, 3.8) is 0 Å². The molecule has 54 heavy (non-hydrogen) atoms. The molecule has 17 heteroatoms. The molecule has 5 atom stereocenters. The molecule has 294 valence electrons. The molecule has 0 radical (unpaired) electrons. The molecule has 0 saturated carbocycles. The van der Waals surface area contributed by atoms with Crippen LogP contribution < -0.4 is 38.1 Å². The second kappa shape index (κ2) is 21.7. The third-order valence-electron chi connectivity index (χ3n) is 8.11. The molecule has 0 spiro atoms. The minimum Gasteiger partial charge on any atom is -0.508 e. The lowest BCUT2D eigenvalue weighted by molar-refractivity contribution is -0.135. The number of likely N-dealkylation sites (N-methyl/N-ethyl adjacent to an activating group) is 1. The molecule has 0 aliphatic carbocycles. The van der Waals surface area contributed by atoms with Crippen LogP contribution in [0.4, 0.5) is 0 Å². The van der Waals surface area contributed by atoms with Gasteiger partial charge < -0.3 is 53.2 Å². The Morgan fingerprint density at radius 1 is 0.778 bits per heavy atom. The number of amides is 6. The summed E-state index contributed by atoms with van der Waals surface area (Å²) in [5.74, 6) is -6.30. The number of benzene rings is 2. The minimum atomic E-state index is -1.54. The number of aliphatic hydroxyl groups excluding tert-OH is 1. The molecule has 0 saturated heterocycles. The maximum atomic E-state index is 13.0. The Bertz CT molecular complexity index is 1760. The van der Waals surface area contributed by atoms with E-state index in [1.54, 1.807) is 32.9 Å². The van der Waals surface area contributed by atoms with Crippen molar-refractivity contribution in [1.82, 2.24) is 31.6 Å². The first-order valence-electron chi connectivity index (χ1n) is 17.4. The summed E-state index contributed by atoms with van der Waals surface area (Å²) in [6.45, 7) is 7.96. The highest BCUT2D eigenvalue weighted by Crippen LogP contribution is 2.15. The number of nitrogens with one attached hydrogen (secondary N) is 6. The fraction of sp³-hybridized carbons (Fsp3) is 0.432. The summed E-state index contributed by atoms with van der Waals surface area (Å²) in [5.41, 5.74) is 13.7. The standard InChI is InChI=1S/C28H43N7O9.C9H9N/c1-5-31-18(10-16-6-8-17(37)9-7-16)27(43)34-19(11-21(29)38)26(42)32-13-23(40)33-20(12-22(30)39)28(44)35-24(15(4)36)25(41)14(2)3;1-7-6-10-9-5-3-2-4-8(7)9/h6-9,14-15,18-20,24,31,36-37H,5,10-13H2,1-4H3,(H2,29,38)(H2,30,39)(H,32,42)(H,33,40)(H,34,43)(H,35,44);2-6,10H,1H3/t15?,18-,19+,20+,24?;/m1./s1. The summed E-state index contributed by atoms with van der Waals surface area (Å²) in [6.07, 6.45) is -0.293. The van der Waals surface area contributed by atoms with Crippen LogP contribution in [-0.4, -0.2) is 99.8 Å². The summed E-state index contributed by atoms with van der Waals surface area (Å²) in [6, 6.07) is 9.34. The predicted octanol–water partition coefficient (Wildman–Crippen LogP) is -0.684. The first kappa shape index (κ1) is 44.4. The number of aromatic amines is 1. The van der Waals surface area contributed by atoms with Crippen LogP contribution in [0.15, 0.2) is 54.7 Å². The molecule has 17 nitrogen and oxygen atoms in total. The number of ketones is 1. The van der Waals surface area contributed by atoms with Crippen LogP contribution in [-0.2, 0) is 40.0 Å². The molecule has 0 bridgehead atoms. The van der Waals surface area contributed by atoms with Crippen molar-refractivity contribution in [3.8, 4) is 5.75 Å². The second-order valence-corrected chi connectivity index (χ2v) is 13.0. The number of primary amides is 2. The average molecular weight is 753 g/mol. The largest absolute Gasteiger partial charge is 0.508 e. The number of aromatic hydroxyl groups is 1. The van der Waals surface area contributed by atoms with Crippen LogP contribution in [0.1, 0.15) is 51.7 Å². The number of aryl methyl sites for hydroxylation is 1. The number of phenols is 1. The van der Waals surface area contributed by atoms with Crippen molar-refractivity contribution in [2.45, 2.75) is 84.2 Å². The lowest BCUT2D eigenvalue weighted by Gasteiger charge is -2.25. The number of hydrogen-bond acceptors (Lipinski definition) is 10. The number of aliphatic hydroxyl groups is 1. The van der Waals surface area contributed by atoms with Gasteiger partial charge in [0.2, 0.25) is 35.4 Å². The molecule has 3 aromatic rings. The Morgan fingerprint density at radius 2 is 1.35 bits per heavy atom. The zero-order valence-corrected chi connectivity index (χ0v) is 31.1. The molecule has 0 fully saturated rings. The average Bonchev–Trinajstić information content (AvgIpc) is 3.49. The van der Waals surface area contributed by atoms with E-state index in [1.165, 1.54) is 35.5 Å². The number of carbonyl (C=O) groups excluding carboxylic acids is 7. The topological polar surface area (TPSA) is 288 Å². The summed E-state index contributed by atoms with van der Waals surface area (Å²) in [7, 11) is 0. The van der Waals surface area contributed by atoms with Crippen molar-refractivity contribution < 1.29 is 43.8 Å². The second-order valence-electron chi connectivity index (χ2n) is 13.0. The number of aromatic nitrogens is 1. The van der Waals surface area contributed by atoms with E-state index in [-0.39, 0.29) is 12.2 Å². The predicted molar refractivity (Wildman–Crippen MR) is 200 cm³/mol. The maximum Gasteiger partial charge on any atom is 0.243 e. The summed E-state index contributed by atoms with van der Waals surface area (Å²) in [4.78, 5) is 90.1. The maximum absolute atomic E-state index is 13.0. The van der Waals surface area contributed by atoms with E-state index in [0.717, 1.165) is 0 Å². The molecule has 0 aliphatic heterocycles. The molecule has 2 aromatic carbocycles. The van der Waals surface area contributed by atoms with Crippen molar-refractivity contribution >= 4 is 52.1 Å². The van der Waals surface area contributed by atoms with Crippen molar-refractivity contribution in [3.05, 3.63) is 65.9 Å². The fourth-order valence-electron chi connectivity index (χ4n) is 5.26. The number of phenolic OH excluding ortho intramolecular Hbond substituents is 1. The van der Waals surface area contributed by atoms with Gasteiger partial charge in [-0.2, -0.15) is 0 Å². The Morgan fingerprint density at radius 3 is 1.89 bits per heavy atom. The highest BCUT2D eigenvalue weighted by atomic mass is 16.3. The number of fused-ring (bicyclic) bond motifs is 1. The van der Waals surface area contributed by atoms with Gasteiger partial charge in [-0.15, -0.1) is 0 Å². The lowest BCUT2D eigenvalue weighted by Crippen LogP contribution is -2.58. The van der Waals surface area contributed by atoms with E-state index in [2.05, 4.69) is 56.7 Å². The quantitative estimate of drug-likeness (QED) is 0.0736. The first-order chi connectivity index (χ1) is 25.4. The Kier molecular flexibility index (Phi) is 17.8. The molecule has 1 aromatic heterocycles. The molecule has 2 unspecified atom stereocenters. The third-order valence-corrected chi connectivity index (χ3v) is 8.11. The van der Waals surface area contributed by atoms with Crippen LogP contribution in [0.3, 0.4) is 0 Å². The van der Waals surface area contributed by atoms with Crippen molar-refractivity contribution in [2.24, 2.45) is 17.4 Å². The van der Waals surface area contributed by atoms with Crippen LogP contribution in [0, 0.1) is 12.8 Å². The van der Waals surface area contributed by atoms with Gasteiger partial charge in [0, 0.05) is 23.0 Å². The molecular weight excluding hydrogens is 700 g/mol. The number of rotatable bonds is 19. The molecule has 12 N–H and O–H groups in total. The SMILES string of the molecule is CCN[C@H](Cc1ccc(O)cc1)C(=O)N[C@@H](CC(N)=O)C(=O)NCC(=O)N[C@@H](CC(N)=O)C(=O)NC(C(=O)C(C)C)C(C)O.Cc1c[nH]c2ccccc12. The van der Waals surface area contributed by atoms with Gasteiger partial charge >= 0.3 is 0 Å². The van der Waals surface area contributed by atoms with E-state index in [0.29, 0.717) is 12.1 Å². The molecule has 3 rings (SSSR count). The van der Waals surface area contributed by atoms with E-state index < -0.39 is 96.8 Å². The zero-order valence-electron chi connectivity index (χ0n) is 31.1. The number of carbonyl (C=O) groups is 7. The molecule has 0 aliphatic rings. The number of hydrogen-bond donors (Lipinski definition) is 10. The number of H-pyrrole nitrogens is 1. The van der Waals surface area contributed by atoms with Gasteiger partial charge in [-0.25, -0.2) is 0 Å². The smallest absolute Gasteiger partial charge is 0.243 e. The van der Waals surface area contributed by atoms with Crippen LogP contribution >= 0.6 is 0 Å². The van der Waals surface area contributed by atoms with Gasteiger partial charge in [-0.1, -0.05) is 51.1 Å². The monoisotopic (exact) mass is 752 g/mol. The van der Waals surface area contributed by atoms with Crippen LogP contribution in [0.5, 0.6) is 5.75 Å². The normalized spacial score (nSPS) is 13.6. The van der Waals surface area contributed by atoms with Crippen LogP contribution in [0.25, 0.3) is 10.9 Å². The first-order valence-corrected chi connectivity index (χ1v) is 17.4. The number of nitrogens with two attached hydrogens (primary N) is 2. The van der Waals surface area contributed by atoms with Gasteiger partial charge in [0.05, 0.1) is 31.5 Å². The molecule has 6 amide bonds. The highest BCUT2D eigenvalue weighted by Gasteiger charge is 2.32. The van der Waals surface area contributed by atoms with Crippen LogP contribution in [0.2, 0.25) is 0 Å². The highest BCUT2D eigenvalue weighted by molar-refractivity contribution is 5.97. The van der Waals surface area contributed by atoms with Gasteiger partial charge in [0.15, 0.2) is 5.78 Å². The summed E-state index contributed by atoms with van der Waals surface area (Å²) < 4.78 is 0. The Labute approximate surface area is 313 Å². The Hall–Kier alpha value is -5.81. The minimum absolute atomic E-state index is 0.0483. The van der Waals surface area contributed by atoms with E-state index >= 15 is 0 Å². The van der Waals surface area contributed by atoms with Gasteiger partial charge in [-0.3, -0.25) is 33.6 Å². The van der Waals surface area contributed by atoms with E-state index in [4.69, 9.17) is 11.5 Å². The van der Waals surface area contributed by atoms with E-state index in [9.17, 15) is 43.8 Å². The number of Topliss-reactive ketones (excluding diaryl/α,β-unsaturated/α-hetero) is 1. The third kappa shape index (κ3) is 14.7. The van der Waals surface area contributed by atoms with E-state index in [1.807, 2.05) is 12.3 Å². The van der Waals surface area contributed by atoms with Gasteiger partial charge in [-0.05, 0) is 56.1 Å².